The number of rotatable bonds is 2. The number of carbonyl (C=O) groups excluding carboxylic acids is 1. The van der Waals surface area contributed by atoms with Crippen molar-refractivity contribution in [3.8, 4) is 0 Å². The van der Waals surface area contributed by atoms with Gasteiger partial charge in [-0.25, -0.2) is 0 Å². The van der Waals surface area contributed by atoms with E-state index in [9.17, 15) is 4.79 Å². The van der Waals surface area contributed by atoms with Crippen LogP contribution in [0.5, 0.6) is 0 Å². The monoisotopic (exact) mass is 362 g/mol. The first-order valence-corrected chi connectivity index (χ1v) is 11.1. The summed E-state index contributed by atoms with van der Waals surface area (Å²) in [5.74, 6) is 2.31. The second-order valence-corrected chi connectivity index (χ2v) is 10.7. The summed E-state index contributed by atoms with van der Waals surface area (Å²) in [7, 11) is 1.98. The van der Waals surface area contributed by atoms with E-state index in [2.05, 4.69) is 13.8 Å². The first kappa shape index (κ1) is 17.5. The van der Waals surface area contributed by atoms with Gasteiger partial charge in [0.15, 0.2) is 0 Å². The Morgan fingerprint density at radius 3 is 2.54 bits per heavy atom. The molecule has 5 fully saturated rings. The highest BCUT2D eigenvalue weighted by atomic mass is 19.2. The second kappa shape index (κ2) is 5.68. The Hall–Kier alpha value is -0.640. The van der Waals surface area contributed by atoms with Crippen molar-refractivity contribution in [2.75, 3.05) is 7.05 Å². The van der Waals surface area contributed by atoms with Crippen LogP contribution in [0.3, 0.4) is 0 Å². The number of hydrogen-bond acceptors (Lipinski definition) is 2. The Morgan fingerprint density at radius 2 is 1.81 bits per heavy atom. The second-order valence-electron chi connectivity index (χ2n) is 10.7. The molecule has 2 unspecified atom stereocenters. The normalized spacial score (nSPS) is 51.2. The fraction of sp³-hybridized carbons (Fsp3) is 0.955. The van der Waals surface area contributed by atoms with Crippen LogP contribution in [0.1, 0.15) is 78.1 Å². The van der Waals surface area contributed by atoms with Crippen molar-refractivity contribution in [2.45, 2.75) is 96.2 Å². The lowest BCUT2D eigenvalue weighted by molar-refractivity contribution is -0.199. The van der Waals surface area contributed by atoms with Crippen LogP contribution in [0.4, 0.5) is 4.48 Å². The van der Waals surface area contributed by atoms with Gasteiger partial charge in [-0.1, -0.05) is 20.3 Å². The summed E-state index contributed by atoms with van der Waals surface area (Å²) in [5, 5.41) is 1.14. The van der Waals surface area contributed by atoms with Crippen molar-refractivity contribution in [1.82, 2.24) is 10.0 Å². The van der Waals surface area contributed by atoms with E-state index in [1.807, 2.05) is 11.9 Å². The smallest absolute Gasteiger partial charge is 0.224 e. The van der Waals surface area contributed by atoms with Gasteiger partial charge in [0.1, 0.15) is 0 Å². The topological polar surface area (TPSA) is 23.6 Å². The molecule has 5 rings (SSSR count). The van der Waals surface area contributed by atoms with Gasteiger partial charge < -0.3 is 4.90 Å². The van der Waals surface area contributed by atoms with Crippen LogP contribution in [0, 0.1) is 28.6 Å². The molecule has 1 saturated heterocycles. The number of fused-ring (bicyclic) bond motifs is 5. The average Bonchev–Trinajstić information content (AvgIpc) is 3.38. The van der Waals surface area contributed by atoms with Crippen LogP contribution >= 0.6 is 0 Å². The molecule has 26 heavy (non-hydrogen) atoms. The van der Waals surface area contributed by atoms with Gasteiger partial charge in [-0.15, -0.1) is 9.60 Å². The minimum absolute atomic E-state index is 0.0781. The molecular weight excluding hydrogens is 327 g/mol. The fourth-order valence-electron chi connectivity index (χ4n) is 8.08. The number of nitrogens with zero attached hydrogens (tertiary/aromatic N) is 2. The lowest BCUT2D eigenvalue weighted by Crippen LogP contribution is -2.68. The van der Waals surface area contributed by atoms with E-state index in [-0.39, 0.29) is 29.4 Å². The number of hydrogen-bond donors (Lipinski definition) is 0. The van der Waals surface area contributed by atoms with Crippen molar-refractivity contribution >= 4 is 5.91 Å². The number of carbonyl (C=O) groups is 1. The van der Waals surface area contributed by atoms with Crippen LogP contribution in [0.25, 0.3) is 0 Å². The third-order valence-electron chi connectivity index (χ3n) is 9.65. The lowest BCUT2D eigenvalue weighted by atomic mass is 9.46. The Balaban J connectivity index is 1.53. The molecule has 4 aliphatic carbocycles. The fourth-order valence-corrected chi connectivity index (χ4v) is 8.08. The minimum atomic E-state index is -0.206. The van der Waals surface area contributed by atoms with E-state index < -0.39 is 0 Å². The maximum absolute atomic E-state index is 15.4. The molecule has 7 atom stereocenters. The third kappa shape index (κ3) is 2.23. The molecule has 0 aromatic heterocycles. The van der Waals surface area contributed by atoms with Crippen LogP contribution < -0.4 is 0 Å². The van der Waals surface area contributed by atoms with Gasteiger partial charge >= 0.3 is 0 Å². The predicted molar refractivity (Wildman–Crippen MR) is 99.9 cm³/mol. The van der Waals surface area contributed by atoms with Crippen molar-refractivity contribution in [3.05, 3.63) is 0 Å². The van der Waals surface area contributed by atoms with Gasteiger partial charge in [0.25, 0.3) is 0 Å². The summed E-state index contributed by atoms with van der Waals surface area (Å²) in [5.41, 5.74) is 0.439. The largest absolute Gasteiger partial charge is 0.342 e. The van der Waals surface area contributed by atoms with E-state index in [1.54, 1.807) is 0 Å². The standard InChI is InChI=1S/C22H35FN2O/c1-21-11-4-5-16(21)15-8-9-18-22(2,17(15)10-12-21)19(13-20(26)24(18)3)25(23)14-6-7-14/h14-19H,4-13H2,1-3H3/t15-,16-,17+,18?,19?,21-,22+/m0/s1. The highest BCUT2D eigenvalue weighted by Crippen LogP contribution is 2.65. The summed E-state index contributed by atoms with van der Waals surface area (Å²) >= 11 is 0. The van der Waals surface area contributed by atoms with Crippen LogP contribution in [0.15, 0.2) is 0 Å². The van der Waals surface area contributed by atoms with Gasteiger partial charge in [-0.3, -0.25) is 4.79 Å². The van der Waals surface area contributed by atoms with E-state index in [1.165, 1.54) is 38.5 Å². The first-order valence-electron chi connectivity index (χ1n) is 11.1. The summed E-state index contributed by atoms with van der Waals surface area (Å²) in [6.45, 7) is 4.88. The Bertz CT molecular complexity index is 607. The summed E-state index contributed by atoms with van der Waals surface area (Å²) < 4.78 is 15.4. The molecule has 0 N–H and O–H groups in total. The maximum Gasteiger partial charge on any atom is 0.224 e. The SMILES string of the molecule is CN1C(=O)CC(N(F)C2CC2)[C@@]2(C)C1CC[C@@H]1[C@H]2CC[C@]2(C)CCC[C@@H]12. The van der Waals surface area contributed by atoms with Gasteiger partial charge in [0.05, 0.1) is 6.04 Å². The lowest BCUT2D eigenvalue weighted by Gasteiger charge is -2.64. The zero-order valence-corrected chi connectivity index (χ0v) is 16.7. The Morgan fingerprint density at radius 1 is 1.04 bits per heavy atom. The average molecular weight is 363 g/mol. The number of piperidine rings is 1. The van der Waals surface area contributed by atoms with Crippen molar-refractivity contribution in [3.63, 3.8) is 0 Å². The molecule has 3 nitrogen and oxygen atoms in total. The summed E-state index contributed by atoms with van der Waals surface area (Å²) in [6.07, 6.45) is 11.3. The minimum Gasteiger partial charge on any atom is -0.342 e. The maximum atomic E-state index is 15.4. The molecule has 1 amide bonds. The van der Waals surface area contributed by atoms with Crippen LogP contribution in [-0.2, 0) is 4.79 Å². The highest BCUT2D eigenvalue weighted by Gasteiger charge is 2.64. The third-order valence-corrected chi connectivity index (χ3v) is 9.65. The van der Waals surface area contributed by atoms with Gasteiger partial charge in [-0.05, 0) is 74.5 Å². The molecule has 146 valence electrons. The zero-order chi connectivity index (χ0) is 18.3. The van der Waals surface area contributed by atoms with Crippen molar-refractivity contribution in [2.24, 2.45) is 28.6 Å². The van der Waals surface area contributed by atoms with E-state index in [4.69, 9.17) is 0 Å². The van der Waals surface area contributed by atoms with Crippen molar-refractivity contribution < 1.29 is 9.28 Å². The molecule has 5 aliphatic rings. The van der Waals surface area contributed by atoms with Crippen LogP contribution in [-0.4, -0.2) is 41.1 Å². The molecular formula is C22H35FN2O. The molecule has 4 heteroatoms. The molecule has 4 saturated carbocycles. The summed E-state index contributed by atoms with van der Waals surface area (Å²) in [4.78, 5) is 14.7. The summed E-state index contributed by atoms with van der Waals surface area (Å²) in [6, 6.07) is 0.0920. The number of amides is 1. The van der Waals surface area contributed by atoms with Crippen molar-refractivity contribution in [1.29, 1.82) is 0 Å². The Labute approximate surface area is 157 Å². The quantitative estimate of drug-likeness (QED) is 0.672. The zero-order valence-electron chi connectivity index (χ0n) is 16.7. The molecule has 1 heterocycles. The molecule has 0 spiro atoms. The molecule has 0 bridgehead atoms. The van der Waals surface area contributed by atoms with Crippen LogP contribution in [0.2, 0.25) is 0 Å². The van der Waals surface area contributed by atoms with E-state index >= 15 is 4.48 Å². The van der Waals surface area contributed by atoms with E-state index in [0.29, 0.717) is 17.8 Å². The highest BCUT2D eigenvalue weighted by molar-refractivity contribution is 5.78. The number of likely N-dealkylation sites (tertiary alicyclic amines) is 1. The molecule has 0 radical (unpaired) electrons. The molecule has 1 aliphatic heterocycles. The Kier molecular flexibility index (Phi) is 3.82. The number of halogens is 1. The van der Waals surface area contributed by atoms with E-state index in [0.717, 1.165) is 36.2 Å². The molecule has 0 aromatic rings. The molecule has 0 aromatic carbocycles. The first-order chi connectivity index (χ1) is 12.4. The van der Waals surface area contributed by atoms with Gasteiger partial charge in [0.2, 0.25) is 5.91 Å². The predicted octanol–water partition coefficient (Wildman–Crippen LogP) is 4.57. The van der Waals surface area contributed by atoms with Gasteiger partial charge in [-0.2, -0.15) is 0 Å². The van der Waals surface area contributed by atoms with Gasteiger partial charge in [0, 0.05) is 31.0 Å².